The van der Waals surface area contributed by atoms with E-state index in [9.17, 15) is 0 Å². The molecule has 4 nitrogen and oxygen atoms in total. The average Bonchev–Trinajstić information content (AvgIpc) is 2.48. The fraction of sp³-hybridized carbons (Fsp3) is 0.250. The molecule has 0 aliphatic carbocycles. The first-order valence-corrected chi connectivity index (χ1v) is 6.61. The molecule has 0 spiro atoms. The molecular formula is C16H17N3O. The van der Waals surface area contributed by atoms with Crippen molar-refractivity contribution in [3.05, 3.63) is 53.7 Å². The number of hydrogen-bond donors (Lipinski definition) is 1. The Morgan fingerprint density at radius 1 is 1.30 bits per heavy atom. The monoisotopic (exact) mass is 267 g/mol. The third-order valence-electron chi connectivity index (χ3n) is 2.99. The molecular weight excluding hydrogens is 250 g/mol. The smallest absolute Gasteiger partial charge is 0.224 e. The molecule has 2 rings (SSSR count). The first-order valence-electron chi connectivity index (χ1n) is 6.61. The number of ether oxygens (including phenoxy) is 1. The number of hydrogen-bond acceptors (Lipinski definition) is 4. The van der Waals surface area contributed by atoms with Crippen molar-refractivity contribution in [2.45, 2.75) is 19.9 Å². The van der Waals surface area contributed by atoms with E-state index in [0.717, 1.165) is 12.1 Å². The van der Waals surface area contributed by atoms with Crippen molar-refractivity contribution < 1.29 is 4.74 Å². The van der Waals surface area contributed by atoms with E-state index in [1.807, 2.05) is 24.3 Å². The number of rotatable bonds is 5. The third kappa shape index (κ3) is 3.14. The normalized spacial score (nSPS) is 11.7. The average molecular weight is 267 g/mol. The number of nitriles is 1. The topological polar surface area (TPSA) is 57.9 Å². The van der Waals surface area contributed by atoms with E-state index in [1.165, 1.54) is 0 Å². The van der Waals surface area contributed by atoms with Crippen LogP contribution in [0.1, 0.15) is 31.0 Å². The van der Waals surface area contributed by atoms with Crippen molar-refractivity contribution >= 4 is 0 Å². The predicted octanol–water partition coefficient (Wildman–Crippen LogP) is 3.42. The molecule has 0 aliphatic rings. The third-order valence-corrected chi connectivity index (χ3v) is 2.99. The van der Waals surface area contributed by atoms with Crippen molar-refractivity contribution in [1.82, 2.24) is 10.3 Å². The number of nitrogens with one attached hydrogen (secondary N) is 1. The minimum Gasteiger partial charge on any atom is -0.437 e. The van der Waals surface area contributed by atoms with Gasteiger partial charge in [0.1, 0.15) is 11.8 Å². The summed E-state index contributed by atoms with van der Waals surface area (Å²) >= 11 is 0. The summed E-state index contributed by atoms with van der Waals surface area (Å²) in [5, 5.41) is 12.4. The van der Waals surface area contributed by atoms with Crippen molar-refractivity contribution in [2.75, 3.05) is 6.54 Å². The Bertz CT molecular complexity index is 619. The molecule has 2 aromatic rings. The van der Waals surface area contributed by atoms with E-state index >= 15 is 0 Å². The molecule has 0 fully saturated rings. The minimum atomic E-state index is 0.137. The molecule has 1 heterocycles. The Kier molecular flexibility index (Phi) is 4.70. The molecule has 0 radical (unpaired) electrons. The maximum atomic E-state index is 9.10. The minimum absolute atomic E-state index is 0.137. The van der Waals surface area contributed by atoms with Gasteiger partial charge in [-0.15, -0.1) is 0 Å². The summed E-state index contributed by atoms with van der Waals surface area (Å²) in [5.41, 5.74) is 1.47. The van der Waals surface area contributed by atoms with Gasteiger partial charge in [0.25, 0.3) is 0 Å². The zero-order chi connectivity index (χ0) is 14.4. The molecule has 0 aliphatic heterocycles. The Labute approximate surface area is 119 Å². The van der Waals surface area contributed by atoms with Crippen LogP contribution in [0.15, 0.2) is 42.6 Å². The van der Waals surface area contributed by atoms with Gasteiger partial charge in [-0.05, 0) is 31.7 Å². The molecule has 1 atom stereocenters. The standard InChI is InChI=1S/C16H17N3O/c1-3-18-12(2)14-8-6-10-19-16(14)20-15-9-5-4-7-13(15)11-17/h4-10,12,18H,3H2,1-2H3. The highest BCUT2D eigenvalue weighted by molar-refractivity contribution is 5.45. The van der Waals surface area contributed by atoms with Gasteiger partial charge in [-0.3, -0.25) is 0 Å². The second-order valence-corrected chi connectivity index (χ2v) is 4.39. The van der Waals surface area contributed by atoms with E-state index in [4.69, 9.17) is 10.00 Å². The van der Waals surface area contributed by atoms with Gasteiger partial charge in [0.2, 0.25) is 5.88 Å². The summed E-state index contributed by atoms with van der Waals surface area (Å²) in [6, 6.07) is 13.3. The van der Waals surface area contributed by atoms with Crippen LogP contribution >= 0.6 is 0 Å². The SMILES string of the molecule is CCNC(C)c1cccnc1Oc1ccccc1C#N. The highest BCUT2D eigenvalue weighted by Crippen LogP contribution is 2.29. The zero-order valence-corrected chi connectivity index (χ0v) is 11.6. The molecule has 20 heavy (non-hydrogen) atoms. The second-order valence-electron chi connectivity index (χ2n) is 4.39. The number of nitrogens with zero attached hydrogens (tertiary/aromatic N) is 2. The fourth-order valence-corrected chi connectivity index (χ4v) is 1.99. The van der Waals surface area contributed by atoms with Crippen LogP contribution in [-0.4, -0.2) is 11.5 Å². The van der Waals surface area contributed by atoms with Gasteiger partial charge in [-0.2, -0.15) is 5.26 Å². The molecule has 0 saturated carbocycles. The Morgan fingerprint density at radius 3 is 2.85 bits per heavy atom. The molecule has 1 unspecified atom stereocenters. The van der Waals surface area contributed by atoms with Gasteiger partial charge in [-0.1, -0.05) is 25.1 Å². The summed E-state index contributed by atoms with van der Waals surface area (Å²) in [7, 11) is 0. The van der Waals surface area contributed by atoms with E-state index < -0.39 is 0 Å². The van der Waals surface area contributed by atoms with Gasteiger partial charge in [0.15, 0.2) is 0 Å². The molecule has 1 aromatic heterocycles. The van der Waals surface area contributed by atoms with Crippen LogP contribution < -0.4 is 10.1 Å². The van der Waals surface area contributed by atoms with Gasteiger partial charge in [-0.25, -0.2) is 4.98 Å². The molecule has 1 N–H and O–H groups in total. The quantitative estimate of drug-likeness (QED) is 0.901. The zero-order valence-electron chi connectivity index (χ0n) is 11.6. The number of aromatic nitrogens is 1. The number of benzene rings is 1. The summed E-state index contributed by atoms with van der Waals surface area (Å²) in [5.74, 6) is 1.06. The first-order chi connectivity index (χ1) is 9.76. The molecule has 0 amide bonds. The van der Waals surface area contributed by atoms with E-state index in [-0.39, 0.29) is 6.04 Å². The lowest BCUT2D eigenvalue weighted by molar-refractivity contribution is 0.443. The molecule has 4 heteroatoms. The van der Waals surface area contributed by atoms with Crippen molar-refractivity contribution in [2.24, 2.45) is 0 Å². The maximum Gasteiger partial charge on any atom is 0.224 e. The molecule has 0 saturated heterocycles. The summed E-state index contributed by atoms with van der Waals surface area (Å²) in [4.78, 5) is 4.28. The van der Waals surface area contributed by atoms with E-state index in [2.05, 4.69) is 30.2 Å². The van der Waals surface area contributed by atoms with Gasteiger partial charge >= 0.3 is 0 Å². The summed E-state index contributed by atoms with van der Waals surface area (Å²) < 4.78 is 5.83. The Hall–Kier alpha value is -2.38. The number of para-hydroxylation sites is 1. The highest BCUT2D eigenvalue weighted by Gasteiger charge is 2.13. The van der Waals surface area contributed by atoms with Crippen LogP contribution in [0.4, 0.5) is 0 Å². The summed E-state index contributed by atoms with van der Waals surface area (Å²) in [6.45, 7) is 4.98. The lowest BCUT2D eigenvalue weighted by atomic mass is 10.1. The molecule has 1 aromatic carbocycles. The van der Waals surface area contributed by atoms with E-state index in [0.29, 0.717) is 17.2 Å². The van der Waals surface area contributed by atoms with E-state index in [1.54, 1.807) is 18.3 Å². The van der Waals surface area contributed by atoms with Crippen molar-refractivity contribution in [3.63, 3.8) is 0 Å². The van der Waals surface area contributed by atoms with Gasteiger partial charge < -0.3 is 10.1 Å². The van der Waals surface area contributed by atoms with Crippen LogP contribution in [-0.2, 0) is 0 Å². The first kappa shape index (κ1) is 14.0. The Balaban J connectivity index is 2.32. The molecule has 102 valence electrons. The van der Waals surface area contributed by atoms with Crippen LogP contribution in [0.5, 0.6) is 11.6 Å². The van der Waals surface area contributed by atoms with Crippen LogP contribution in [0, 0.1) is 11.3 Å². The fourth-order valence-electron chi connectivity index (χ4n) is 1.99. The second kappa shape index (κ2) is 6.69. The van der Waals surface area contributed by atoms with Gasteiger partial charge in [0, 0.05) is 17.8 Å². The maximum absolute atomic E-state index is 9.10. The highest BCUT2D eigenvalue weighted by atomic mass is 16.5. The van der Waals surface area contributed by atoms with Crippen molar-refractivity contribution in [1.29, 1.82) is 5.26 Å². The largest absolute Gasteiger partial charge is 0.437 e. The molecule has 0 bridgehead atoms. The summed E-state index contributed by atoms with van der Waals surface area (Å²) in [6.07, 6.45) is 1.69. The Morgan fingerprint density at radius 2 is 2.10 bits per heavy atom. The number of pyridine rings is 1. The van der Waals surface area contributed by atoms with Crippen LogP contribution in [0.25, 0.3) is 0 Å². The lowest BCUT2D eigenvalue weighted by Crippen LogP contribution is -2.18. The van der Waals surface area contributed by atoms with Crippen molar-refractivity contribution in [3.8, 4) is 17.7 Å². The predicted molar refractivity (Wildman–Crippen MR) is 77.6 cm³/mol. The van der Waals surface area contributed by atoms with Gasteiger partial charge in [0.05, 0.1) is 5.56 Å². The van der Waals surface area contributed by atoms with Crippen LogP contribution in [0.2, 0.25) is 0 Å². The lowest BCUT2D eigenvalue weighted by Gasteiger charge is -2.16. The van der Waals surface area contributed by atoms with Crippen LogP contribution in [0.3, 0.4) is 0 Å².